The average molecular weight is 425 g/mol. The first-order valence-corrected chi connectivity index (χ1v) is 10.5. The molecule has 0 aliphatic heterocycles. The van der Waals surface area contributed by atoms with Gasteiger partial charge in [0.05, 0.1) is 13.0 Å². The number of aromatic nitrogens is 1. The van der Waals surface area contributed by atoms with E-state index in [2.05, 4.69) is 16.0 Å². The second kappa shape index (κ2) is 9.54. The molecule has 0 atom stereocenters. The molecule has 6 nitrogen and oxygen atoms in total. The van der Waals surface area contributed by atoms with Crippen LogP contribution in [0, 0.1) is 13.8 Å². The number of hydrogen-bond acceptors (Lipinski definition) is 5. The standard InChI is InChI=1S/C23H24N2O4S/c1-15-11-21(16(2)25(15)13-20-5-4-10-30-20)22(27)14-29-23(28)12-18-6-8-19(9-7-18)24-17(3)26/h4-11H,12-14H2,1-3H3,(H,24,26). The van der Waals surface area contributed by atoms with Crippen molar-refractivity contribution in [1.29, 1.82) is 0 Å². The minimum absolute atomic E-state index is 0.0605. The lowest BCUT2D eigenvalue weighted by Gasteiger charge is -2.09. The molecule has 0 aliphatic rings. The normalized spacial score (nSPS) is 10.6. The molecule has 2 aromatic heterocycles. The van der Waals surface area contributed by atoms with Crippen molar-refractivity contribution in [2.45, 2.75) is 33.7 Å². The number of hydrogen-bond donors (Lipinski definition) is 1. The molecule has 0 fully saturated rings. The third kappa shape index (κ3) is 5.45. The third-order valence-electron chi connectivity index (χ3n) is 4.76. The average Bonchev–Trinajstić information content (AvgIpc) is 3.31. The molecule has 7 heteroatoms. The lowest BCUT2D eigenvalue weighted by molar-refractivity contribution is -0.141. The Balaban J connectivity index is 1.56. The predicted molar refractivity (Wildman–Crippen MR) is 117 cm³/mol. The zero-order valence-corrected chi connectivity index (χ0v) is 18.0. The number of esters is 1. The Hall–Kier alpha value is -3.19. The van der Waals surface area contributed by atoms with E-state index in [9.17, 15) is 14.4 Å². The molecule has 3 rings (SSSR count). The quantitative estimate of drug-likeness (QED) is 0.435. The van der Waals surface area contributed by atoms with Gasteiger partial charge in [0.1, 0.15) is 0 Å². The zero-order chi connectivity index (χ0) is 21.7. The summed E-state index contributed by atoms with van der Waals surface area (Å²) in [6, 6.07) is 12.8. The number of ketones is 1. The van der Waals surface area contributed by atoms with Crippen LogP contribution in [0.2, 0.25) is 0 Å². The van der Waals surface area contributed by atoms with E-state index in [0.717, 1.165) is 23.5 Å². The first-order valence-electron chi connectivity index (χ1n) is 9.58. The van der Waals surface area contributed by atoms with E-state index in [-0.39, 0.29) is 24.7 Å². The maximum Gasteiger partial charge on any atom is 0.310 e. The van der Waals surface area contributed by atoms with Crippen LogP contribution in [0.1, 0.15) is 39.1 Å². The molecular formula is C23H24N2O4S. The highest BCUT2D eigenvalue weighted by molar-refractivity contribution is 7.09. The molecule has 0 spiro atoms. The zero-order valence-electron chi connectivity index (χ0n) is 17.2. The van der Waals surface area contributed by atoms with Gasteiger partial charge in [-0.25, -0.2) is 0 Å². The van der Waals surface area contributed by atoms with Gasteiger partial charge in [-0.3, -0.25) is 14.4 Å². The van der Waals surface area contributed by atoms with Gasteiger partial charge in [-0.2, -0.15) is 0 Å². The molecule has 1 N–H and O–H groups in total. The predicted octanol–water partition coefficient (Wildman–Crippen LogP) is 4.14. The van der Waals surface area contributed by atoms with Crippen molar-refractivity contribution in [1.82, 2.24) is 4.57 Å². The van der Waals surface area contributed by atoms with Crippen LogP contribution in [0.4, 0.5) is 5.69 Å². The van der Waals surface area contributed by atoms with Crippen LogP contribution in [0.5, 0.6) is 0 Å². The highest BCUT2D eigenvalue weighted by Crippen LogP contribution is 2.20. The van der Waals surface area contributed by atoms with Crippen molar-refractivity contribution in [3.05, 3.63) is 75.2 Å². The summed E-state index contributed by atoms with van der Waals surface area (Å²) >= 11 is 1.68. The Morgan fingerprint density at radius 1 is 1.10 bits per heavy atom. The van der Waals surface area contributed by atoms with E-state index < -0.39 is 5.97 Å². The van der Waals surface area contributed by atoms with Gasteiger partial charge in [-0.1, -0.05) is 18.2 Å². The first-order chi connectivity index (χ1) is 14.3. The number of nitrogens with zero attached hydrogens (tertiary/aromatic N) is 1. The molecule has 156 valence electrons. The fourth-order valence-electron chi connectivity index (χ4n) is 3.24. The van der Waals surface area contributed by atoms with E-state index in [1.165, 1.54) is 11.8 Å². The number of aryl methyl sites for hydroxylation is 1. The summed E-state index contributed by atoms with van der Waals surface area (Å²) in [5, 5.41) is 4.70. The fourth-order valence-corrected chi connectivity index (χ4v) is 3.93. The summed E-state index contributed by atoms with van der Waals surface area (Å²) in [5.41, 5.74) is 3.85. The Kier molecular flexibility index (Phi) is 6.84. The molecule has 1 aromatic carbocycles. The molecule has 0 radical (unpaired) electrons. The van der Waals surface area contributed by atoms with Gasteiger partial charge < -0.3 is 14.6 Å². The lowest BCUT2D eigenvalue weighted by Crippen LogP contribution is -2.16. The second-order valence-electron chi connectivity index (χ2n) is 7.09. The number of anilines is 1. The molecule has 0 bridgehead atoms. The van der Waals surface area contributed by atoms with E-state index in [1.54, 1.807) is 35.6 Å². The van der Waals surface area contributed by atoms with Crippen molar-refractivity contribution in [2.75, 3.05) is 11.9 Å². The Morgan fingerprint density at radius 3 is 2.47 bits per heavy atom. The lowest BCUT2D eigenvalue weighted by atomic mass is 10.1. The minimum atomic E-state index is -0.469. The number of Topliss-reactive ketones (excluding diaryl/α,β-unsaturated/α-hetero) is 1. The van der Waals surface area contributed by atoms with Crippen molar-refractivity contribution in [3.8, 4) is 0 Å². The number of carbonyl (C=O) groups excluding carboxylic acids is 3. The summed E-state index contributed by atoms with van der Waals surface area (Å²) in [6.45, 7) is 5.74. The van der Waals surface area contributed by atoms with Crippen LogP contribution < -0.4 is 5.32 Å². The van der Waals surface area contributed by atoms with Crippen LogP contribution in [-0.4, -0.2) is 28.8 Å². The van der Waals surface area contributed by atoms with Crippen molar-refractivity contribution in [3.63, 3.8) is 0 Å². The van der Waals surface area contributed by atoms with Crippen LogP contribution in [0.3, 0.4) is 0 Å². The smallest absolute Gasteiger partial charge is 0.310 e. The van der Waals surface area contributed by atoms with Crippen LogP contribution in [-0.2, 0) is 27.3 Å². The van der Waals surface area contributed by atoms with Crippen LogP contribution in [0.15, 0.2) is 47.8 Å². The van der Waals surface area contributed by atoms with Crippen LogP contribution in [0.25, 0.3) is 0 Å². The van der Waals surface area contributed by atoms with Crippen molar-refractivity contribution in [2.24, 2.45) is 0 Å². The molecule has 30 heavy (non-hydrogen) atoms. The number of nitrogens with one attached hydrogen (secondary N) is 1. The second-order valence-corrected chi connectivity index (χ2v) is 8.12. The highest BCUT2D eigenvalue weighted by Gasteiger charge is 2.18. The van der Waals surface area contributed by atoms with E-state index in [0.29, 0.717) is 11.3 Å². The summed E-state index contributed by atoms with van der Waals surface area (Å²) in [4.78, 5) is 37.0. The molecule has 0 saturated carbocycles. The van der Waals surface area contributed by atoms with Gasteiger partial charge in [0, 0.05) is 34.4 Å². The van der Waals surface area contributed by atoms with Gasteiger partial charge in [0.2, 0.25) is 11.7 Å². The van der Waals surface area contributed by atoms with Crippen molar-refractivity contribution >= 4 is 34.7 Å². The highest BCUT2D eigenvalue weighted by atomic mass is 32.1. The van der Waals surface area contributed by atoms with Crippen molar-refractivity contribution < 1.29 is 19.1 Å². The van der Waals surface area contributed by atoms with Gasteiger partial charge >= 0.3 is 5.97 Å². The number of thiophene rings is 1. The molecule has 2 heterocycles. The van der Waals surface area contributed by atoms with Gasteiger partial charge in [0.15, 0.2) is 6.61 Å². The van der Waals surface area contributed by atoms with Crippen LogP contribution >= 0.6 is 11.3 Å². The minimum Gasteiger partial charge on any atom is -0.457 e. The Labute approximate surface area is 179 Å². The fraction of sp³-hybridized carbons (Fsp3) is 0.261. The maximum atomic E-state index is 12.6. The molecule has 0 saturated heterocycles. The van der Waals surface area contributed by atoms with E-state index in [1.807, 2.05) is 31.4 Å². The number of benzene rings is 1. The first kappa shape index (κ1) is 21.5. The number of carbonyl (C=O) groups is 3. The molecular weight excluding hydrogens is 400 g/mol. The number of ether oxygens (including phenoxy) is 1. The Bertz CT molecular complexity index is 1050. The molecule has 0 unspecified atom stereocenters. The molecule has 3 aromatic rings. The van der Waals surface area contributed by atoms with Gasteiger partial charge in [-0.15, -0.1) is 11.3 Å². The summed E-state index contributed by atoms with van der Waals surface area (Å²) in [5.74, 6) is -0.840. The molecule has 1 amide bonds. The van der Waals surface area contributed by atoms with Gasteiger partial charge in [-0.05, 0) is 49.1 Å². The molecule has 0 aliphatic carbocycles. The third-order valence-corrected chi connectivity index (χ3v) is 5.62. The van der Waals surface area contributed by atoms with Gasteiger partial charge in [0.25, 0.3) is 0 Å². The maximum absolute atomic E-state index is 12.6. The monoisotopic (exact) mass is 424 g/mol. The van der Waals surface area contributed by atoms with E-state index in [4.69, 9.17) is 4.74 Å². The summed E-state index contributed by atoms with van der Waals surface area (Å²) in [6.07, 6.45) is 0.0605. The summed E-state index contributed by atoms with van der Waals surface area (Å²) < 4.78 is 7.30. The Morgan fingerprint density at radius 2 is 1.83 bits per heavy atom. The largest absolute Gasteiger partial charge is 0.457 e. The summed E-state index contributed by atoms with van der Waals surface area (Å²) in [7, 11) is 0. The SMILES string of the molecule is CC(=O)Nc1ccc(CC(=O)OCC(=O)c2cc(C)n(Cc3cccs3)c2C)cc1. The number of rotatable bonds is 8. The number of amides is 1. The topological polar surface area (TPSA) is 77.4 Å². The van der Waals surface area contributed by atoms with E-state index >= 15 is 0 Å².